The van der Waals surface area contributed by atoms with Crippen molar-refractivity contribution < 1.29 is 27.5 Å². The van der Waals surface area contributed by atoms with Crippen LogP contribution in [0.3, 0.4) is 0 Å². The Bertz CT molecular complexity index is 976. The van der Waals surface area contributed by atoms with E-state index in [1.165, 1.54) is 19.4 Å². The third kappa shape index (κ3) is 2.69. The Morgan fingerprint density at radius 1 is 1.29 bits per heavy atom. The van der Waals surface area contributed by atoms with Gasteiger partial charge in [0.05, 0.1) is 24.9 Å². The fraction of sp³-hybridized carbons (Fsp3) is 0.316. The number of imide groups is 1. The number of nitrogens with zero attached hydrogens (tertiary/aromatic N) is 2. The van der Waals surface area contributed by atoms with Crippen LogP contribution < -0.4 is 10.1 Å². The molecule has 1 saturated heterocycles. The van der Waals surface area contributed by atoms with Crippen LogP contribution in [0.15, 0.2) is 36.5 Å². The number of aryl methyl sites for hydroxylation is 1. The van der Waals surface area contributed by atoms with Crippen molar-refractivity contribution in [1.29, 1.82) is 0 Å². The maximum atomic E-state index is 13.2. The first-order valence-corrected chi connectivity index (χ1v) is 8.59. The van der Waals surface area contributed by atoms with Crippen LogP contribution in [-0.2, 0) is 29.5 Å². The SMILES string of the molecule is COc1ccc2c(c1)C1(CC2)NC(=O)N(Cc2ncccc2C(F)(F)F)C1=O. The number of fused-ring (bicyclic) bond motifs is 2. The Morgan fingerprint density at radius 2 is 2.07 bits per heavy atom. The number of amides is 3. The van der Waals surface area contributed by atoms with Gasteiger partial charge in [-0.05, 0) is 48.2 Å². The van der Waals surface area contributed by atoms with E-state index in [0.717, 1.165) is 16.5 Å². The van der Waals surface area contributed by atoms with Crippen molar-refractivity contribution in [3.8, 4) is 5.75 Å². The highest BCUT2D eigenvalue weighted by molar-refractivity contribution is 6.08. The second-order valence-corrected chi connectivity index (χ2v) is 6.75. The molecule has 1 N–H and O–H groups in total. The second-order valence-electron chi connectivity index (χ2n) is 6.75. The van der Waals surface area contributed by atoms with Gasteiger partial charge in [-0.15, -0.1) is 0 Å². The predicted molar refractivity (Wildman–Crippen MR) is 91.3 cm³/mol. The van der Waals surface area contributed by atoms with Crippen molar-refractivity contribution >= 4 is 11.9 Å². The number of benzene rings is 1. The number of hydrogen-bond donors (Lipinski definition) is 1. The molecule has 1 atom stereocenters. The summed E-state index contributed by atoms with van der Waals surface area (Å²) in [4.78, 5) is 30.2. The van der Waals surface area contributed by atoms with Crippen LogP contribution >= 0.6 is 0 Å². The average molecular weight is 391 g/mol. The second kappa shape index (κ2) is 6.22. The molecule has 1 aliphatic heterocycles. The molecule has 1 aromatic carbocycles. The Hall–Kier alpha value is -3.10. The maximum absolute atomic E-state index is 13.2. The molecule has 6 nitrogen and oxygen atoms in total. The molecule has 2 aliphatic rings. The number of nitrogens with one attached hydrogen (secondary N) is 1. The molecule has 1 spiro atoms. The number of hydrogen-bond acceptors (Lipinski definition) is 4. The van der Waals surface area contributed by atoms with Gasteiger partial charge in [-0.25, -0.2) is 4.79 Å². The van der Waals surface area contributed by atoms with Gasteiger partial charge in [0.15, 0.2) is 0 Å². The Kier molecular flexibility index (Phi) is 4.06. The number of urea groups is 1. The number of halogens is 3. The number of rotatable bonds is 3. The lowest BCUT2D eigenvalue weighted by molar-refractivity contribution is -0.140. The summed E-state index contributed by atoms with van der Waals surface area (Å²) in [5, 5.41) is 2.69. The van der Waals surface area contributed by atoms with Gasteiger partial charge in [-0.1, -0.05) is 6.07 Å². The zero-order chi connectivity index (χ0) is 20.1. The molecular weight excluding hydrogens is 375 g/mol. The fourth-order valence-electron chi connectivity index (χ4n) is 3.85. The van der Waals surface area contributed by atoms with E-state index >= 15 is 0 Å². The maximum Gasteiger partial charge on any atom is 0.418 e. The van der Waals surface area contributed by atoms with E-state index in [-0.39, 0.29) is 5.69 Å². The standard InChI is InChI=1S/C19H16F3N3O3/c1-28-12-5-4-11-6-7-18(14(11)9-12)16(26)25(17(27)24-18)10-15-13(19(20,21)22)3-2-8-23-15/h2-5,8-9H,6-7,10H2,1H3,(H,24,27). The summed E-state index contributed by atoms with van der Waals surface area (Å²) in [6.07, 6.45) is -2.52. The molecule has 1 fully saturated rings. The van der Waals surface area contributed by atoms with Crippen molar-refractivity contribution in [2.45, 2.75) is 31.1 Å². The summed E-state index contributed by atoms with van der Waals surface area (Å²) in [6.45, 7) is -0.554. The number of methoxy groups -OCH3 is 1. The van der Waals surface area contributed by atoms with Crippen LogP contribution in [0.25, 0.3) is 0 Å². The number of carbonyl (C=O) groups is 2. The quantitative estimate of drug-likeness (QED) is 0.817. The van der Waals surface area contributed by atoms with Crippen LogP contribution in [0.2, 0.25) is 0 Å². The smallest absolute Gasteiger partial charge is 0.418 e. The zero-order valence-corrected chi connectivity index (χ0v) is 14.8. The number of alkyl halides is 3. The van der Waals surface area contributed by atoms with Crippen molar-refractivity contribution in [2.75, 3.05) is 7.11 Å². The monoisotopic (exact) mass is 391 g/mol. The third-order valence-corrected chi connectivity index (χ3v) is 5.23. The Morgan fingerprint density at radius 3 is 2.79 bits per heavy atom. The first kappa shape index (κ1) is 18.3. The molecule has 2 aromatic rings. The molecular formula is C19H16F3N3O3. The van der Waals surface area contributed by atoms with Crippen LogP contribution in [-0.4, -0.2) is 28.9 Å². The normalized spacial score (nSPS) is 21.2. The molecule has 2 heterocycles. The number of pyridine rings is 1. The largest absolute Gasteiger partial charge is 0.497 e. The number of aromatic nitrogens is 1. The van der Waals surface area contributed by atoms with Crippen LogP contribution in [0.5, 0.6) is 5.75 Å². The Balaban J connectivity index is 1.70. The zero-order valence-electron chi connectivity index (χ0n) is 14.8. The molecule has 1 aliphatic carbocycles. The minimum absolute atomic E-state index is 0.338. The van der Waals surface area contributed by atoms with Gasteiger partial charge in [0, 0.05) is 6.20 Å². The molecule has 9 heteroatoms. The molecule has 1 unspecified atom stereocenters. The minimum atomic E-state index is -4.63. The van der Waals surface area contributed by atoms with Gasteiger partial charge >= 0.3 is 12.2 Å². The van der Waals surface area contributed by atoms with Gasteiger partial charge in [0.1, 0.15) is 11.3 Å². The van der Waals surface area contributed by atoms with Crippen molar-refractivity contribution in [3.63, 3.8) is 0 Å². The first-order chi connectivity index (χ1) is 13.3. The van der Waals surface area contributed by atoms with E-state index in [0.29, 0.717) is 24.2 Å². The van der Waals surface area contributed by atoms with Gasteiger partial charge in [-0.3, -0.25) is 14.7 Å². The van der Waals surface area contributed by atoms with E-state index in [2.05, 4.69) is 10.3 Å². The Labute approximate surface area is 158 Å². The fourth-order valence-corrected chi connectivity index (χ4v) is 3.85. The summed E-state index contributed by atoms with van der Waals surface area (Å²) in [6, 6.07) is 6.59. The van der Waals surface area contributed by atoms with Gasteiger partial charge in [0.25, 0.3) is 5.91 Å². The summed E-state index contributed by atoms with van der Waals surface area (Å²) in [5.74, 6) is -0.0483. The number of ether oxygens (including phenoxy) is 1. The van der Waals surface area contributed by atoms with Gasteiger partial charge < -0.3 is 10.1 Å². The summed E-state index contributed by atoms with van der Waals surface area (Å²) in [7, 11) is 1.49. The first-order valence-electron chi connectivity index (χ1n) is 8.59. The highest BCUT2D eigenvalue weighted by Crippen LogP contribution is 2.43. The van der Waals surface area contributed by atoms with Crippen LogP contribution in [0.4, 0.5) is 18.0 Å². The van der Waals surface area contributed by atoms with E-state index in [9.17, 15) is 22.8 Å². The van der Waals surface area contributed by atoms with Gasteiger partial charge in [-0.2, -0.15) is 13.2 Å². The van der Waals surface area contributed by atoms with E-state index in [4.69, 9.17) is 4.74 Å². The highest BCUT2D eigenvalue weighted by Gasteiger charge is 2.55. The lowest BCUT2D eigenvalue weighted by Crippen LogP contribution is -2.42. The van der Waals surface area contributed by atoms with Gasteiger partial charge in [0.2, 0.25) is 0 Å². The molecule has 1 aromatic heterocycles. The van der Waals surface area contributed by atoms with E-state index < -0.39 is 35.8 Å². The predicted octanol–water partition coefficient (Wildman–Crippen LogP) is 3.00. The molecule has 0 bridgehead atoms. The molecule has 28 heavy (non-hydrogen) atoms. The summed E-state index contributed by atoms with van der Waals surface area (Å²) < 4.78 is 44.9. The molecule has 0 radical (unpaired) electrons. The van der Waals surface area contributed by atoms with Crippen molar-refractivity contribution in [2.24, 2.45) is 0 Å². The van der Waals surface area contributed by atoms with Crippen molar-refractivity contribution in [3.05, 3.63) is 58.9 Å². The molecule has 0 saturated carbocycles. The molecule has 3 amide bonds. The highest BCUT2D eigenvalue weighted by atomic mass is 19.4. The minimum Gasteiger partial charge on any atom is -0.497 e. The van der Waals surface area contributed by atoms with Crippen molar-refractivity contribution in [1.82, 2.24) is 15.2 Å². The third-order valence-electron chi connectivity index (χ3n) is 5.23. The number of carbonyl (C=O) groups excluding carboxylic acids is 2. The van der Waals surface area contributed by atoms with Crippen LogP contribution in [0.1, 0.15) is 28.8 Å². The average Bonchev–Trinajstić information content (AvgIpc) is 3.14. The van der Waals surface area contributed by atoms with E-state index in [1.54, 1.807) is 12.1 Å². The van der Waals surface area contributed by atoms with Crippen LogP contribution in [0, 0.1) is 0 Å². The lowest BCUT2D eigenvalue weighted by Gasteiger charge is -2.23. The van der Waals surface area contributed by atoms with E-state index in [1.807, 2.05) is 6.07 Å². The summed E-state index contributed by atoms with van der Waals surface area (Å²) in [5.41, 5.74) is -1.12. The lowest BCUT2D eigenvalue weighted by atomic mass is 9.91. The topological polar surface area (TPSA) is 71.5 Å². The summed E-state index contributed by atoms with van der Waals surface area (Å²) >= 11 is 0. The molecule has 146 valence electrons. The molecule has 4 rings (SSSR count).